The highest BCUT2D eigenvalue weighted by Gasteiger charge is 2.33. The molecule has 1 aliphatic rings. The smallest absolute Gasteiger partial charge is 0.326 e. The zero-order chi connectivity index (χ0) is 7.72. The lowest BCUT2D eigenvalue weighted by Gasteiger charge is -1.99. The molecule has 0 radical (unpaired) electrons. The highest BCUT2D eigenvalue weighted by molar-refractivity contribution is 5.90. The Kier molecular flexibility index (Phi) is 1.58. The first-order valence-corrected chi connectivity index (χ1v) is 2.90. The Morgan fingerprint density at radius 2 is 2.40 bits per heavy atom. The van der Waals surface area contributed by atoms with E-state index in [0.29, 0.717) is 0 Å². The van der Waals surface area contributed by atoms with Crippen molar-refractivity contribution in [3.05, 3.63) is 0 Å². The molecular formula is C5H8N2O3. The van der Waals surface area contributed by atoms with Gasteiger partial charge in [-0.1, -0.05) is 0 Å². The van der Waals surface area contributed by atoms with Crippen molar-refractivity contribution < 1.29 is 14.7 Å². The molecule has 5 heteroatoms. The molecule has 0 aromatic rings. The van der Waals surface area contributed by atoms with Gasteiger partial charge in [0.25, 0.3) is 0 Å². The SMILES string of the molecule is NC1C[C@@H](C(=O)O)NC1=O. The third-order valence-corrected chi connectivity index (χ3v) is 1.44. The van der Waals surface area contributed by atoms with Gasteiger partial charge in [-0.15, -0.1) is 0 Å². The standard InChI is InChI=1S/C5H8N2O3/c6-2-1-3(5(9)10)7-4(2)8/h2-3H,1,6H2,(H,7,8)(H,9,10)/t2?,3-/m0/s1. The number of carbonyl (C=O) groups is 2. The summed E-state index contributed by atoms with van der Waals surface area (Å²) in [5.41, 5.74) is 5.23. The first kappa shape index (κ1) is 7.01. The minimum absolute atomic E-state index is 0.189. The van der Waals surface area contributed by atoms with E-state index in [2.05, 4.69) is 5.32 Å². The maximum Gasteiger partial charge on any atom is 0.326 e. The maximum absolute atomic E-state index is 10.6. The molecule has 0 aromatic heterocycles. The predicted octanol–water partition coefficient (Wildman–Crippen LogP) is -1.71. The van der Waals surface area contributed by atoms with Gasteiger partial charge in [0.15, 0.2) is 0 Å². The van der Waals surface area contributed by atoms with Crippen LogP contribution in [-0.4, -0.2) is 29.1 Å². The van der Waals surface area contributed by atoms with E-state index >= 15 is 0 Å². The number of hydrogen-bond donors (Lipinski definition) is 3. The zero-order valence-electron chi connectivity index (χ0n) is 5.20. The number of carboxylic acids is 1. The van der Waals surface area contributed by atoms with E-state index < -0.39 is 18.1 Å². The average molecular weight is 144 g/mol. The van der Waals surface area contributed by atoms with Crippen molar-refractivity contribution in [3.63, 3.8) is 0 Å². The Morgan fingerprint density at radius 3 is 2.60 bits per heavy atom. The van der Waals surface area contributed by atoms with Crippen LogP contribution in [0.3, 0.4) is 0 Å². The number of nitrogens with one attached hydrogen (secondary N) is 1. The Labute approximate surface area is 57.2 Å². The molecule has 1 heterocycles. The van der Waals surface area contributed by atoms with E-state index in [1.165, 1.54) is 0 Å². The third-order valence-electron chi connectivity index (χ3n) is 1.44. The van der Waals surface area contributed by atoms with Crippen LogP contribution in [-0.2, 0) is 9.59 Å². The average Bonchev–Trinajstić information content (AvgIpc) is 2.13. The molecule has 1 unspecified atom stereocenters. The van der Waals surface area contributed by atoms with Gasteiger partial charge in [-0.05, 0) is 0 Å². The second kappa shape index (κ2) is 2.26. The summed E-state index contributed by atoms with van der Waals surface area (Å²) >= 11 is 0. The fourth-order valence-electron chi connectivity index (χ4n) is 0.861. The number of carbonyl (C=O) groups excluding carboxylic acids is 1. The van der Waals surface area contributed by atoms with Crippen LogP contribution < -0.4 is 11.1 Å². The summed E-state index contributed by atoms with van der Waals surface area (Å²) in [5, 5.41) is 10.6. The van der Waals surface area contributed by atoms with E-state index in [-0.39, 0.29) is 12.3 Å². The molecular weight excluding hydrogens is 136 g/mol. The summed E-state index contributed by atoms with van der Waals surface area (Å²) in [6, 6.07) is -1.44. The molecule has 0 saturated carbocycles. The number of nitrogens with two attached hydrogens (primary N) is 1. The van der Waals surface area contributed by atoms with Crippen molar-refractivity contribution in [3.8, 4) is 0 Å². The monoisotopic (exact) mass is 144 g/mol. The highest BCUT2D eigenvalue weighted by atomic mass is 16.4. The van der Waals surface area contributed by atoms with Crippen molar-refractivity contribution in [1.29, 1.82) is 0 Å². The van der Waals surface area contributed by atoms with E-state index in [0.717, 1.165) is 0 Å². The molecule has 1 aliphatic heterocycles. The molecule has 1 saturated heterocycles. The molecule has 5 nitrogen and oxygen atoms in total. The minimum Gasteiger partial charge on any atom is -0.480 e. The van der Waals surface area contributed by atoms with Crippen LogP contribution in [0.2, 0.25) is 0 Å². The maximum atomic E-state index is 10.6. The highest BCUT2D eigenvalue weighted by Crippen LogP contribution is 2.04. The Balaban J connectivity index is 2.57. The quantitative estimate of drug-likeness (QED) is 0.408. The van der Waals surface area contributed by atoms with Crippen molar-refractivity contribution >= 4 is 11.9 Å². The normalized spacial score (nSPS) is 31.9. The van der Waals surface area contributed by atoms with Crippen molar-refractivity contribution in [2.45, 2.75) is 18.5 Å². The molecule has 0 aromatic carbocycles. The van der Waals surface area contributed by atoms with Gasteiger partial charge in [-0.3, -0.25) is 4.79 Å². The molecule has 0 bridgehead atoms. The lowest BCUT2D eigenvalue weighted by atomic mass is 10.2. The Hall–Kier alpha value is -1.10. The Morgan fingerprint density at radius 1 is 1.80 bits per heavy atom. The molecule has 56 valence electrons. The first-order chi connectivity index (χ1) is 4.61. The topological polar surface area (TPSA) is 92.4 Å². The van der Waals surface area contributed by atoms with Gasteiger partial charge in [0, 0.05) is 6.42 Å². The summed E-state index contributed by atoms with van der Waals surface area (Å²) in [6.07, 6.45) is 0.189. The molecule has 1 fully saturated rings. The third kappa shape index (κ3) is 1.08. The van der Waals surface area contributed by atoms with Crippen LogP contribution >= 0.6 is 0 Å². The van der Waals surface area contributed by atoms with Crippen LogP contribution in [0.4, 0.5) is 0 Å². The minimum atomic E-state index is -1.03. The van der Waals surface area contributed by atoms with Gasteiger partial charge in [0.05, 0.1) is 6.04 Å². The van der Waals surface area contributed by atoms with Crippen molar-refractivity contribution in [2.75, 3.05) is 0 Å². The molecule has 0 spiro atoms. The van der Waals surface area contributed by atoms with Gasteiger partial charge in [-0.25, -0.2) is 4.79 Å². The number of hydrogen-bond acceptors (Lipinski definition) is 3. The van der Waals surface area contributed by atoms with Crippen LogP contribution in [0.25, 0.3) is 0 Å². The number of rotatable bonds is 1. The summed E-state index contributed by atoms with van der Waals surface area (Å²) in [6.45, 7) is 0. The molecule has 10 heavy (non-hydrogen) atoms. The van der Waals surface area contributed by atoms with E-state index in [1.54, 1.807) is 0 Å². The molecule has 1 rings (SSSR count). The lowest BCUT2D eigenvalue weighted by Crippen LogP contribution is -2.34. The van der Waals surface area contributed by atoms with Crippen molar-refractivity contribution in [1.82, 2.24) is 5.32 Å². The van der Waals surface area contributed by atoms with Gasteiger partial charge in [-0.2, -0.15) is 0 Å². The largest absolute Gasteiger partial charge is 0.480 e. The second-order valence-corrected chi connectivity index (χ2v) is 2.24. The molecule has 0 aliphatic carbocycles. The molecule has 2 atom stereocenters. The van der Waals surface area contributed by atoms with E-state index in [1.807, 2.05) is 0 Å². The zero-order valence-corrected chi connectivity index (χ0v) is 5.20. The number of carboxylic acid groups (broad SMARTS) is 1. The summed E-state index contributed by atoms with van der Waals surface area (Å²) in [5.74, 6) is -1.41. The van der Waals surface area contributed by atoms with Gasteiger partial charge in [0.2, 0.25) is 5.91 Å². The molecule has 1 amide bonds. The van der Waals surface area contributed by atoms with Crippen LogP contribution in [0.1, 0.15) is 6.42 Å². The van der Waals surface area contributed by atoms with Gasteiger partial charge < -0.3 is 16.2 Å². The molecule has 4 N–H and O–H groups in total. The summed E-state index contributed by atoms with van der Waals surface area (Å²) < 4.78 is 0. The van der Waals surface area contributed by atoms with Crippen LogP contribution in [0.15, 0.2) is 0 Å². The second-order valence-electron chi connectivity index (χ2n) is 2.24. The van der Waals surface area contributed by atoms with Gasteiger partial charge >= 0.3 is 5.97 Å². The van der Waals surface area contributed by atoms with E-state index in [4.69, 9.17) is 10.8 Å². The first-order valence-electron chi connectivity index (χ1n) is 2.90. The van der Waals surface area contributed by atoms with Gasteiger partial charge in [0.1, 0.15) is 6.04 Å². The number of aliphatic carboxylic acids is 1. The predicted molar refractivity (Wildman–Crippen MR) is 32.2 cm³/mol. The van der Waals surface area contributed by atoms with E-state index in [9.17, 15) is 9.59 Å². The summed E-state index contributed by atoms with van der Waals surface area (Å²) in [7, 11) is 0. The number of amides is 1. The van der Waals surface area contributed by atoms with Crippen LogP contribution in [0.5, 0.6) is 0 Å². The lowest BCUT2D eigenvalue weighted by molar-refractivity contribution is -0.140. The van der Waals surface area contributed by atoms with Crippen molar-refractivity contribution in [2.24, 2.45) is 5.73 Å². The fraction of sp³-hybridized carbons (Fsp3) is 0.600. The Bertz CT molecular complexity index is 180. The van der Waals surface area contributed by atoms with Crippen LogP contribution in [0, 0.1) is 0 Å². The fourth-order valence-corrected chi connectivity index (χ4v) is 0.861. The summed E-state index contributed by atoms with van der Waals surface area (Å²) in [4.78, 5) is 20.8.